The fraction of sp³-hybridized carbons (Fsp3) is 0.792. The lowest BCUT2D eigenvalue weighted by atomic mass is 9.66. The first-order valence-electron chi connectivity index (χ1n) is 12.0. The van der Waals surface area contributed by atoms with Crippen LogP contribution in [0.2, 0.25) is 0 Å². The van der Waals surface area contributed by atoms with Gasteiger partial charge in [0.25, 0.3) is 0 Å². The van der Waals surface area contributed by atoms with Crippen LogP contribution in [0.3, 0.4) is 0 Å². The van der Waals surface area contributed by atoms with Crippen molar-refractivity contribution in [2.24, 2.45) is 17.8 Å². The van der Waals surface area contributed by atoms with Gasteiger partial charge < -0.3 is 19.6 Å². The predicted octanol–water partition coefficient (Wildman–Crippen LogP) is 2.47. The summed E-state index contributed by atoms with van der Waals surface area (Å²) in [6.07, 6.45) is 5.46. The molecule has 1 N–H and O–H groups in total. The number of hydrogen-bond donors (Lipinski definition) is 1. The van der Waals surface area contributed by atoms with Crippen molar-refractivity contribution in [3.63, 3.8) is 0 Å². The van der Waals surface area contributed by atoms with E-state index < -0.39 is 28.7 Å². The third-order valence-corrected chi connectivity index (χ3v) is 9.48. The first-order chi connectivity index (χ1) is 15.3. The Kier molecular flexibility index (Phi) is 7.97. The first kappa shape index (κ1) is 25.1. The quantitative estimate of drug-likeness (QED) is 0.286. The molecule has 2 bridgehead atoms. The molecule has 3 unspecified atom stereocenters. The van der Waals surface area contributed by atoms with Gasteiger partial charge in [-0.05, 0) is 32.6 Å². The van der Waals surface area contributed by atoms with Crippen LogP contribution in [0.25, 0.3) is 0 Å². The Balaban J connectivity index is 2.04. The van der Waals surface area contributed by atoms with Crippen LogP contribution in [0.5, 0.6) is 0 Å². The Hall–Kier alpha value is -1.54. The molecule has 3 saturated heterocycles. The largest absolute Gasteiger partial charge is 0.466 e. The molecule has 8 heteroatoms. The number of thioether (sulfide) groups is 1. The zero-order valence-corrected chi connectivity index (χ0v) is 20.6. The van der Waals surface area contributed by atoms with Crippen molar-refractivity contribution in [1.29, 1.82) is 0 Å². The molecule has 3 aliphatic heterocycles. The molecule has 0 radical (unpaired) electrons. The number of ether oxygens (including phenoxy) is 1. The molecule has 0 aliphatic carbocycles. The van der Waals surface area contributed by atoms with E-state index in [-0.39, 0.29) is 42.2 Å². The van der Waals surface area contributed by atoms with E-state index in [0.717, 1.165) is 25.7 Å². The van der Waals surface area contributed by atoms with E-state index in [9.17, 15) is 19.5 Å². The molecule has 3 heterocycles. The van der Waals surface area contributed by atoms with E-state index >= 15 is 0 Å². The molecule has 32 heavy (non-hydrogen) atoms. The van der Waals surface area contributed by atoms with Gasteiger partial charge in [-0.2, -0.15) is 0 Å². The van der Waals surface area contributed by atoms with E-state index in [0.29, 0.717) is 13.1 Å². The van der Waals surface area contributed by atoms with E-state index in [1.165, 1.54) is 0 Å². The second kappa shape index (κ2) is 10.2. The minimum Gasteiger partial charge on any atom is -0.466 e. The average Bonchev–Trinajstić information content (AvgIpc) is 3.36. The Morgan fingerprint density at radius 3 is 2.72 bits per heavy atom. The number of fused-ring (bicyclic) bond motifs is 1. The highest BCUT2D eigenvalue weighted by Gasteiger charge is 2.76. The van der Waals surface area contributed by atoms with Crippen molar-refractivity contribution >= 4 is 29.5 Å². The highest BCUT2D eigenvalue weighted by atomic mass is 32.2. The minimum absolute atomic E-state index is 0.0205. The van der Waals surface area contributed by atoms with Crippen LogP contribution in [-0.4, -0.2) is 81.1 Å². The lowest BCUT2D eigenvalue weighted by Gasteiger charge is -2.41. The van der Waals surface area contributed by atoms with E-state index in [2.05, 4.69) is 20.4 Å². The Morgan fingerprint density at radius 2 is 2.12 bits per heavy atom. The van der Waals surface area contributed by atoms with Crippen LogP contribution >= 0.6 is 11.8 Å². The Labute approximate surface area is 195 Å². The van der Waals surface area contributed by atoms with Gasteiger partial charge in [0.05, 0.1) is 35.8 Å². The van der Waals surface area contributed by atoms with Crippen LogP contribution in [0.4, 0.5) is 0 Å². The van der Waals surface area contributed by atoms with Gasteiger partial charge in [0.2, 0.25) is 11.8 Å². The van der Waals surface area contributed by atoms with Crippen LogP contribution in [-0.2, 0) is 19.1 Å². The minimum atomic E-state index is -0.701. The molecule has 180 valence electrons. The van der Waals surface area contributed by atoms with Gasteiger partial charge in [-0.25, -0.2) is 0 Å². The van der Waals surface area contributed by atoms with Crippen LogP contribution < -0.4 is 0 Å². The number of rotatable bonds is 11. The summed E-state index contributed by atoms with van der Waals surface area (Å²) in [5, 5.41) is 9.93. The van der Waals surface area contributed by atoms with Gasteiger partial charge in [-0.3, -0.25) is 14.4 Å². The molecular weight excluding hydrogens is 428 g/mol. The van der Waals surface area contributed by atoms with Crippen molar-refractivity contribution in [3.8, 4) is 0 Å². The third kappa shape index (κ3) is 3.87. The number of unbranched alkanes of at least 4 members (excludes halogenated alkanes) is 2. The molecule has 1 spiro atoms. The monoisotopic (exact) mass is 466 g/mol. The van der Waals surface area contributed by atoms with Crippen LogP contribution in [0.1, 0.15) is 53.4 Å². The number of nitrogens with zero attached hydrogens (tertiary/aromatic N) is 2. The number of esters is 1. The summed E-state index contributed by atoms with van der Waals surface area (Å²) in [7, 11) is 0. The maximum atomic E-state index is 14.1. The molecule has 3 aliphatic rings. The SMILES string of the molecule is C=CCN(CCCCC)C(=O)C1N([C@H](C)CO)C(=O)[C@@H]2[C@@H](C(=O)OCC)[C@H]3CC(C)C12S3. The summed E-state index contributed by atoms with van der Waals surface area (Å²) in [4.78, 5) is 44.1. The molecule has 2 amide bonds. The summed E-state index contributed by atoms with van der Waals surface area (Å²) in [6, 6.07) is -1.21. The molecule has 0 aromatic heterocycles. The maximum Gasteiger partial charge on any atom is 0.310 e. The summed E-state index contributed by atoms with van der Waals surface area (Å²) >= 11 is 1.64. The van der Waals surface area contributed by atoms with Gasteiger partial charge in [-0.15, -0.1) is 18.3 Å². The number of carbonyl (C=O) groups is 3. The van der Waals surface area contributed by atoms with Crippen molar-refractivity contribution in [1.82, 2.24) is 9.80 Å². The summed E-state index contributed by atoms with van der Waals surface area (Å²) in [6.45, 7) is 12.6. The number of carbonyl (C=O) groups excluding carboxylic acids is 3. The second-order valence-electron chi connectivity index (χ2n) is 9.36. The van der Waals surface area contributed by atoms with Crippen molar-refractivity contribution in [2.45, 2.75) is 75.5 Å². The van der Waals surface area contributed by atoms with Gasteiger partial charge in [0, 0.05) is 18.3 Å². The fourth-order valence-electron chi connectivity index (χ4n) is 5.98. The third-order valence-electron chi connectivity index (χ3n) is 7.41. The van der Waals surface area contributed by atoms with Crippen LogP contribution in [0.15, 0.2) is 12.7 Å². The fourth-order valence-corrected chi connectivity index (χ4v) is 8.37. The normalized spacial score (nSPS) is 33.8. The molecule has 0 aromatic rings. The van der Waals surface area contributed by atoms with Gasteiger partial charge in [0.1, 0.15) is 6.04 Å². The zero-order valence-electron chi connectivity index (χ0n) is 19.8. The summed E-state index contributed by atoms with van der Waals surface area (Å²) in [5.74, 6) is -1.67. The van der Waals surface area contributed by atoms with Gasteiger partial charge >= 0.3 is 5.97 Å². The van der Waals surface area contributed by atoms with E-state index in [1.807, 2.05) is 0 Å². The molecule has 3 rings (SSSR count). The number of aliphatic hydroxyl groups is 1. The molecule has 7 nitrogen and oxygen atoms in total. The Morgan fingerprint density at radius 1 is 1.41 bits per heavy atom. The lowest BCUT2D eigenvalue weighted by Crippen LogP contribution is -2.59. The predicted molar refractivity (Wildman–Crippen MR) is 125 cm³/mol. The Bertz CT molecular complexity index is 746. The van der Waals surface area contributed by atoms with Crippen molar-refractivity contribution in [2.75, 3.05) is 26.3 Å². The molecular formula is C24H38N2O5S. The number of amides is 2. The van der Waals surface area contributed by atoms with Crippen molar-refractivity contribution < 1.29 is 24.2 Å². The smallest absolute Gasteiger partial charge is 0.310 e. The lowest BCUT2D eigenvalue weighted by molar-refractivity contribution is -0.154. The first-order valence-corrected chi connectivity index (χ1v) is 12.8. The highest BCUT2D eigenvalue weighted by Crippen LogP contribution is 2.69. The molecule has 0 aromatic carbocycles. The molecule has 0 saturated carbocycles. The van der Waals surface area contributed by atoms with E-state index in [1.54, 1.807) is 41.5 Å². The average molecular weight is 467 g/mol. The van der Waals surface area contributed by atoms with Crippen LogP contribution in [0, 0.1) is 17.8 Å². The highest BCUT2D eigenvalue weighted by molar-refractivity contribution is 8.02. The number of aliphatic hydroxyl groups excluding tert-OH is 1. The van der Waals surface area contributed by atoms with Crippen molar-refractivity contribution in [3.05, 3.63) is 12.7 Å². The van der Waals surface area contributed by atoms with E-state index in [4.69, 9.17) is 4.74 Å². The molecule has 7 atom stereocenters. The summed E-state index contributed by atoms with van der Waals surface area (Å²) < 4.78 is 4.68. The second-order valence-corrected chi connectivity index (χ2v) is 10.9. The maximum absolute atomic E-state index is 14.1. The summed E-state index contributed by atoms with van der Waals surface area (Å²) in [5.41, 5.74) is 0. The number of hydrogen-bond acceptors (Lipinski definition) is 6. The number of likely N-dealkylation sites (tertiary alicyclic amines) is 1. The topological polar surface area (TPSA) is 87.2 Å². The molecule has 3 fully saturated rings. The van der Waals surface area contributed by atoms with Gasteiger partial charge in [-0.1, -0.05) is 32.8 Å². The standard InChI is InChI=1S/C24H38N2O5S/c1-6-9-10-12-25(11-7-2)22(29)20-24-15(4)13-17(32-24)18(23(30)31-8-3)19(24)21(28)26(20)16(5)14-27/h7,15-20,27H,2,6,8-14H2,1,3-5H3/t15?,16-,17-,18+,19+,20?,24?/m1/s1. The zero-order chi connectivity index (χ0) is 23.6. The van der Waals surface area contributed by atoms with Gasteiger partial charge in [0.15, 0.2) is 0 Å².